The maximum absolute atomic E-state index is 12.2. The molecule has 0 aromatic heterocycles. The minimum Gasteiger partial charge on any atom is -0.481 e. The Balaban J connectivity index is 1.77. The molecule has 5 nitrogen and oxygen atoms in total. The van der Waals surface area contributed by atoms with Crippen LogP contribution in [-0.2, 0) is 16.0 Å². The van der Waals surface area contributed by atoms with Gasteiger partial charge in [-0.1, -0.05) is 23.7 Å². The number of carboxylic acid groups (broad SMARTS) is 1. The summed E-state index contributed by atoms with van der Waals surface area (Å²) in [5.41, 5.74) is 0.956. The second-order valence-electron chi connectivity index (χ2n) is 5.17. The molecule has 1 aliphatic heterocycles. The van der Waals surface area contributed by atoms with Gasteiger partial charge in [-0.3, -0.25) is 14.5 Å². The Hall–Kier alpha value is -1.59. The van der Waals surface area contributed by atoms with Crippen LogP contribution in [-0.4, -0.2) is 59.5 Å². The number of halogens is 1. The molecule has 1 aromatic rings. The molecule has 0 bridgehead atoms. The molecule has 2 rings (SSSR count). The van der Waals surface area contributed by atoms with E-state index in [1.54, 1.807) is 12.1 Å². The first-order valence-electron chi connectivity index (χ1n) is 7.01. The number of aliphatic carboxylic acids is 1. The fourth-order valence-electron chi connectivity index (χ4n) is 2.36. The lowest BCUT2D eigenvalue weighted by molar-refractivity contribution is -0.138. The maximum Gasteiger partial charge on any atom is 0.304 e. The summed E-state index contributed by atoms with van der Waals surface area (Å²) in [6, 6.07) is 7.30. The van der Waals surface area contributed by atoms with Gasteiger partial charge in [0, 0.05) is 37.7 Å². The first kappa shape index (κ1) is 15.8. The molecular weight excluding hydrogens is 292 g/mol. The average molecular weight is 311 g/mol. The smallest absolute Gasteiger partial charge is 0.304 e. The van der Waals surface area contributed by atoms with Crippen LogP contribution in [0.3, 0.4) is 0 Å². The molecular formula is C15H19ClN2O3. The van der Waals surface area contributed by atoms with E-state index in [9.17, 15) is 9.59 Å². The summed E-state index contributed by atoms with van der Waals surface area (Å²) < 4.78 is 0. The van der Waals surface area contributed by atoms with Gasteiger partial charge in [0.05, 0.1) is 12.8 Å². The molecule has 21 heavy (non-hydrogen) atoms. The zero-order chi connectivity index (χ0) is 15.2. The highest BCUT2D eigenvalue weighted by molar-refractivity contribution is 6.30. The largest absolute Gasteiger partial charge is 0.481 e. The summed E-state index contributed by atoms with van der Waals surface area (Å²) in [6.07, 6.45) is 0.533. The molecule has 0 aliphatic carbocycles. The van der Waals surface area contributed by atoms with Gasteiger partial charge in [-0.2, -0.15) is 0 Å². The Kier molecular flexibility index (Phi) is 5.59. The van der Waals surface area contributed by atoms with E-state index in [4.69, 9.17) is 16.7 Å². The zero-order valence-electron chi connectivity index (χ0n) is 11.8. The van der Waals surface area contributed by atoms with Gasteiger partial charge in [0.15, 0.2) is 0 Å². The van der Waals surface area contributed by atoms with Crippen molar-refractivity contribution in [3.05, 3.63) is 34.9 Å². The molecule has 6 heteroatoms. The Morgan fingerprint density at radius 2 is 1.71 bits per heavy atom. The first-order valence-corrected chi connectivity index (χ1v) is 7.39. The predicted molar refractivity (Wildman–Crippen MR) is 80.4 cm³/mol. The van der Waals surface area contributed by atoms with E-state index in [0.29, 0.717) is 31.1 Å². The monoisotopic (exact) mass is 310 g/mol. The van der Waals surface area contributed by atoms with E-state index in [1.807, 2.05) is 17.0 Å². The lowest BCUT2D eigenvalue weighted by Crippen LogP contribution is -2.49. The molecule has 1 heterocycles. The Bertz CT molecular complexity index is 496. The number of amides is 1. The topological polar surface area (TPSA) is 60.9 Å². The van der Waals surface area contributed by atoms with Crippen molar-refractivity contribution in [1.82, 2.24) is 9.80 Å². The fourth-order valence-corrected chi connectivity index (χ4v) is 2.49. The van der Waals surface area contributed by atoms with Crippen LogP contribution in [0.2, 0.25) is 5.02 Å². The SMILES string of the molecule is O=C(O)CCN1CCN(C(=O)Cc2ccc(Cl)cc2)CC1. The standard InChI is InChI=1S/C15H19ClN2O3/c16-13-3-1-12(2-4-13)11-14(19)18-9-7-17(8-10-18)6-5-15(20)21/h1-4H,5-11H2,(H,20,21). The maximum atomic E-state index is 12.2. The van der Waals surface area contributed by atoms with Crippen LogP contribution in [0.15, 0.2) is 24.3 Å². The summed E-state index contributed by atoms with van der Waals surface area (Å²) in [4.78, 5) is 26.7. The van der Waals surface area contributed by atoms with E-state index in [1.165, 1.54) is 0 Å². The van der Waals surface area contributed by atoms with Crippen molar-refractivity contribution < 1.29 is 14.7 Å². The van der Waals surface area contributed by atoms with Gasteiger partial charge < -0.3 is 10.0 Å². The number of piperazine rings is 1. The molecule has 0 unspecified atom stereocenters. The molecule has 114 valence electrons. The summed E-state index contributed by atoms with van der Waals surface area (Å²) >= 11 is 5.82. The third-order valence-corrected chi connectivity index (χ3v) is 3.89. The Labute approximate surface area is 129 Å². The first-order chi connectivity index (χ1) is 10.0. The van der Waals surface area contributed by atoms with Crippen LogP contribution < -0.4 is 0 Å². The van der Waals surface area contributed by atoms with Gasteiger partial charge >= 0.3 is 5.97 Å². The van der Waals surface area contributed by atoms with Gasteiger partial charge in [-0.25, -0.2) is 0 Å². The van der Waals surface area contributed by atoms with Crippen molar-refractivity contribution in [1.29, 1.82) is 0 Å². The van der Waals surface area contributed by atoms with Crippen molar-refractivity contribution in [3.8, 4) is 0 Å². The van der Waals surface area contributed by atoms with Crippen LogP contribution in [0.4, 0.5) is 0 Å². The van der Waals surface area contributed by atoms with Crippen LogP contribution in [0.25, 0.3) is 0 Å². The Morgan fingerprint density at radius 1 is 1.10 bits per heavy atom. The number of carboxylic acids is 1. The van der Waals surface area contributed by atoms with Crippen LogP contribution in [0.5, 0.6) is 0 Å². The van der Waals surface area contributed by atoms with Crippen LogP contribution >= 0.6 is 11.6 Å². The van der Waals surface area contributed by atoms with E-state index >= 15 is 0 Å². The van der Waals surface area contributed by atoms with Crippen molar-refractivity contribution in [2.45, 2.75) is 12.8 Å². The summed E-state index contributed by atoms with van der Waals surface area (Å²) in [5, 5.41) is 9.33. The molecule has 1 amide bonds. The highest BCUT2D eigenvalue weighted by Crippen LogP contribution is 2.12. The van der Waals surface area contributed by atoms with E-state index in [-0.39, 0.29) is 12.3 Å². The number of carbonyl (C=O) groups excluding carboxylic acids is 1. The minimum absolute atomic E-state index is 0.107. The lowest BCUT2D eigenvalue weighted by Gasteiger charge is -2.34. The minimum atomic E-state index is -0.781. The van der Waals surface area contributed by atoms with Gasteiger partial charge in [-0.05, 0) is 17.7 Å². The average Bonchev–Trinajstić information content (AvgIpc) is 2.48. The Morgan fingerprint density at radius 3 is 2.29 bits per heavy atom. The molecule has 0 saturated carbocycles. The second kappa shape index (κ2) is 7.43. The molecule has 1 N–H and O–H groups in total. The number of hydrogen-bond acceptors (Lipinski definition) is 3. The lowest BCUT2D eigenvalue weighted by atomic mass is 10.1. The number of rotatable bonds is 5. The normalized spacial score (nSPS) is 16.0. The third kappa shape index (κ3) is 5.02. The van der Waals surface area contributed by atoms with Crippen molar-refractivity contribution >= 4 is 23.5 Å². The number of hydrogen-bond donors (Lipinski definition) is 1. The van der Waals surface area contributed by atoms with Gasteiger partial charge in [0.1, 0.15) is 0 Å². The van der Waals surface area contributed by atoms with Gasteiger partial charge in [0.25, 0.3) is 0 Å². The summed E-state index contributed by atoms with van der Waals surface area (Å²) in [6.45, 7) is 3.34. The van der Waals surface area contributed by atoms with E-state index < -0.39 is 5.97 Å². The van der Waals surface area contributed by atoms with Gasteiger partial charge in [0.2, 0.25) is 5.91 Å². The molecule has 0 radical (unpaired) electrons. The molecule has 1 fully saturated rings. The van der Waals surface area contributed by atoms with E-state index in [2.05, 4.69) is 4.90 Å². The third-order valence-electron chi connectivity index (χ3n) is 3.64. The molecule has 1 aromatic carbocycles. The molecule has 1 saturated heterocycles. The van der Waals surface area contributed by atoms with Crippen LogP contribution in [0.1, 0.15) is 12.0 Å². The molecule has 0 spiro atoms. The zero-order valence-corrected chi connectivity index (χ0v) is 12.6. The quantitative estimate of drug-likeness (QED) is 0.895. The second-order valence-corrected chi connectivity index (χ2v) is 5.61. The fraction of sp³-hybridized carbons (Fsp3) is 0.467. The van der Waals surface area contributed by atoms with Gasteiger partial charge in [-0.15, -0.1) is 0 Å². The predicted octanol–water partition coefficient (Wildman–Crippen LogP) is 1.50. The van der Waals surface area contributed by atoms with Crippen molar-refractivity contribution in [2.24, 2.45) is 0 Å². The van der Waals surface area contributed by atoms with E-state index in [0.717, 1.165) is 18.7 Å². The molecule has 1 aliphatic rings. The molecule has 0 atom stereocenters. The summed E-state index contributed by atoms with van der Waals surface area (Å²) in [7, 11) is 0. The highest BCUT2D eigenvalue weighted by atomic mass is 35.5. The van der Waals surface area contributed by atoms with Crippen molar-refractivity contribution in [3.63, 3.8) is 0 Å². The van der Waals surface area contributed by atoms with Crippen molar-refractivity contribution in [2.75, 3.05) is 32.7 Å². The highest BCUT2D eigenvalue weighted by Gasteiger charge is 2.21. The number of carbonyl (C=O) groups is 2. The summed E-state index contributed by atoms with van der Waals surface area (Å²) in [5.74, 6) is -0.675. The number of nitrogens with zero attached hydrogens (tertiary/aromatic N) is 2. The number of benzene rings is 1. The van der Waals surface area contributed by atoms with Crippen LogP contribution in [0, 0.1) is 0 Å².